The smallest absolute Gasteiger partial charge is 0.326 e. The molecule has 5 heteroatoms. The van der Waals surface area contributed by atoms with E-state index in [9.17, 15) is 9.59 Å². The van der Waals surface area contributed by atoms with Crippen LogP contribution in [-0.2, 0) is 17.6 Å². The van der Waals surface area contributed by atoms with E-state index in [0.29, 0.717) is 17.2 Å². The molecule has 1 aromatic heterocycles. The Hall–Kier alpha value is -1.36. The van der Waals surface area contributed by atoms with Gasteiger partial charge >= 0.3 is 5.97 Å². The number of amides is 1. The average Bonchev–Trinajstić information content (AvgIpc) is 2.78. The molecule has 0 radical (unpaired) electrons. The van der Waals surface area contributed by atoms with Gasteiger partial charge in [0.2, 0.25) is 0 Å². The van der Waals surface area contributed by atoms with Crippen LogP contribution >= 0.6 is 11.3 Å². The molecule has 19 heavy (non-hydrogen) atoms. The lowest BCUT2D eigenvalue weighted by Crippen LogP contribution is -2.39. The van der Waals surface area contributed by atoms with E-state index in [-0.39, 0.29) is 5.91 Å². The number of hydrogen-bond donors (Lipinski definition) is 2. The minimum absolute atomic E-state index is 0.263. The molecule has 2 N–H and O–H groups in total. The standard InChI is InChI=1S/C14H19NO3S/c1-3-10(14(17)18)15-13(16)12-7-9-6-8(2)4-5-11(9)19-12/h7-8,10H,3-6H2,1-2H3,(H,15,16)(H,17,18)/t8?,10-/m1/s1. The third kappa shape index (κ3) is 3.15. The molecule has 0 saturated heterocycles. The highest BCUT2D eigenvalue weighted by molar-refractivity contribution is 7.14. The Balaban J connectivity index is 2.10. The summed E-state index contributed by atoms with van der Waals surface area (Å²) in [5.74, 6) is -0.576. The van der Waals surface area contributed by atoms with E-state index >= 15 is 0 Å². The minimum Gasteiger partial charge on any atom is -0.480 e. The number of rotatable bonds is 4. The quantitative estimate of drug-likeness (QED) is 0.891. The summed E-state index contributed by atoms with van der Waals surface area (Å²) < 4.78 is 0. The SMILES string of the molecule is CC[C@@H](NC(=O)c1cc2c(s1)CCC(C)C2)C(=O)O. The summed E-state index contributed by atoms with van der Waals surface area (Å²) in [6.45, 7) is 3.97. The lowest BCUT2D eigenvalue weighted by Gasteiger charge is -2.16. The molecule has 104 valence electrons. The highest BCUT2D eigenvalue weighted by atomic mass is 32.1. The van der Waals surface area contributed by atoms with Crippen molar-refractivity contribution in [1.29, 1.82) is 0 Å². The Morgan fingerprint density at radius 2 is 2.32 bits per heavy atom. The van der Waals surface area contributed by atoms with Gasteiger partial charge in [-0.2, -0.15) is 0 Å². The molecule has 1 aromatic rings. The van der Waals surface area contributed by atoms with Crippen LogP contribution in [0.25, 0.3) is 0 Å². The van der Waals surface area contributed by atoms with Crippen molar-refractivity contribution in [2.45, 2.75) is 45.6 Å². The Bertz CT molecular complexity index is 495. The van der Waals surface area contributed by atoms with Crippen LogP contribution in [0.2, 0.25) is 0 Å². The number of hydrogen-bond acceptors (Lipinski definition) is 3. The Morgan fingerprint density at radius 3 is 2.95 bits per heavy atom. The number of nitrogens with one attached hydrogen (secondary N) is 1. The lowest BCUT2D eigenvalue weighted by molar-refractivity contribution is -0.139. The summed E-state index contributed by atoms with van der Waals surface area (Å²) >= 11 is 1.50. The predicted octanol–water partition coefficient (Wildman–Crippen LogP) is 2.47. The van der Waals surface area contributed by atoms with Crippen molar-refractivity contribution >= 4 is 23.2 Å². The first-order valence-electron chi connectivity index (χ1n) is 6.66. The molecule has 0 saturated carbocycles. The number of thiophene rings is 1. The molecule has 0 fully saturated rings. The average molecular weight is 281 g/mol. The van der Waals surface area contributed by atoms with Crippen molar-refractivity contribution in [3.63, 3.8) is 0 Å². The van der Waals surface area contributed by atoms with E-state index in [1.807, 2.05) is 6.07 Å². The minimum atomic E-state index is -0.981. The number of aryl methyl sites for hydroxylation is 1. The van der Waals surface area contributed by atoms with Gasteiger partial charge in [-0.3, -0.25) is 4.79 Å². The molecule has 1 unspecified atom stereocenters. The number of carbonyl (C=O) groups is 2. The lowest BCUT2D eigenvalue weighted by atomic mass is 9.90. The third-order valence-electron chi connectivity index (χ3n) is 3.56. The van der Waals surface area contributed by atoms with Crippen LogP contribution in [-0.4, -0.2) is 23.0 Å². The molecule has 0 aromatic carbocycles. The van der Waals surface area contributed by atoms with Crippen molar-refractivity contribution in [2.24, 2.45) is 5.92 Å². The Labute approximate surface area is 116 Å². The van der Waals surface area contributed by atoms with Crippen LogP contribution in [0.4, 0.5) is 0 Å². The Kier molecular flexibility index (Phi) is 4.24. The number of carboxylic acids is 1. The monoisotopic (exact) mass is 281 g/mol. The predicted molar refractivity (Wildman–Crippen MR) is 74.7 cm³/mol. The molecule has 1 heterocycles. The fourth-order valence-electron chi connectivity index (χ4n) is 2.39. The number of carboxylic acid groups (broad SMARTS) is 1. The number of fused-ring (bicyclic) bond motifs is 1. The van der Waals surface area contributed by atoms with Crippen molar-refractivity contribution in [2.75, 3.05) is 0 Å². The van der Waals surface area contributed by atoms with E-state index in [0.717, 1.165) is 12.8 Å². The van der Waals surface area contributed by atoms with Gasteiger partial charge < -0.3 is 10.4 Å². The van der Waals surface area contributed by atoms with Gasteiger partial charge in [0.25, 0.3) is 5.91 Å². The maximum Gasteiger partial charge on any atom is 0.326 e. The molecule has 1 amide bonds. The second-order valence-corrected chi connectivity index (χ2v) is 6.32. The maximum absolute atomic E-state index is 12.1. The first-order valence-corrected chi connectivity index (χ1v) is 7.48. The normalized spacial score (nSPS) is 19.6. The van der Waals surface area contributed by atoms with Crippen LogP contribution in [0, 0.1) is 5.92 Å². The molecule has 2 rings (SSSR count). The highest BCUT2D eigenvalue weighted by Gasteiger charge is 2.23. The van der Waals surface area contributed by atoms with Crippen molar-refractivity contribution < 1.29 is 14.7 Å². The maximum atomic E-state index is 12.1. The summed E-state index contributed by atoms with van der Waals surface area (Å²) in [6, 6.07) is 1.13. The second kappa shape index (κ2) is 5.74. The van der Waals surface area contributed by atoms with E-state index in [4.69, 9.17) is 5.11 Å². The van der Waals surface area contributed by atoms with Crippen LogP contribution in [0.15, 0.2) is 6.07 Å². The van der Waals surface area contributed by atoms with E-state index in [2.05, 4.69) is 12.2 Å². The third-order valence-corrected chi connectivity index (χ3v) is 4.80. The summed E-state index contributed by atoms with van der Waals surface area (Å²) in [7, 11) is 0. The first kappa shape index (κ1) is 14.1. The fraction of sp³-hybridized carbons (Fsp3) is 0.571. The summed E-state index contributed by atoms with van der Waals surface area (Å²) in [5.41, 5.74) is 1.26. The van der Waals surface area contributed by atoms with Gasteiger partial charge in [-0.05, 0) is 43.2 Å². The van der Waals surface area contributed by atoms with E-state index in [1.54, 1.807) is 6.92 Å². The zero-order chi connectivity index (χ0) is 14.0. The van der Waals surface area contributed by atoms with E-state index < -0.39 is 12.0 Å². The number of carbonyl (C=O) groups excluding carboxylic acids is 1. The van der Waals surface area contributed by atoms with E-state index in [1.165, 1.54) is 28.2 Å². The highest BCUT2D eigenvalue weighted by Crippen LogP contribution is 2.32. The summed E-state index contributed by atoms with van der Waals surface area (Å²) in [4.78, 5) is 24.9. The molecular formula is C14H19NO3S. The van der Waals surface area contributed by atoms with Gasteiger partial charge in [-0.15, -0.1) is 11.3 Å². The van der Waals surface area contributed by atoms with Gasteiger partial charge in [0.1, 0.15) is 6.04 Å². The topological polar surface area (TPSA) is 66.4 Å². The second-order valence-electron chi connectivity index (χ2n) is 5.18. The van der Waals surface area contributed by atoms with Gasteiger partial charge in [-0.25, -0.2) is 4.79 Å². The molecule has 0 spiro atoms. The molecule has 1 aliphatic rings. The summed E-state index contributed by atoms with van der Waals surface area (Å²) in [6.07, 6.45) is 3.62. The molecule has 1 aliphatic carbocycles. The van der Waals surface area contributed by atoms with Crippen molar-refractivity contribution in [3.8, 4) is 0 Å². The van der Waals surface area contributed by atoms with Crippen molar-refractivity contribution in [1.82, 2.24) is 5.32 Å². The van der Waals surface area contributed by atoms with Crippen molar-refractivity contribution in [3.05, 3.63) is 21.4 Å². The zero-order valence-corrected chi connectivity index (χ0v) is 12.0. The Morgan fingerprint density at radius 1 is 1.58 bits per heavy atom. The zero-order valence-electron chi connectivity index (χ0n) is 11.2. The molecule has 0 aliphatic heterocycles. The van der Waals surface area contributed by atoms with Crippen LogP contribution in [0.5, 0.6) is 0 Å². The molecular weight excluding hydrogens is 262 g/mol. The van der Waals surface area contributed by atoms with Gasteiger partial charge in [0, 0.05) is 4.88 Å². The van der Waals surface area contributed by atoms with Crippen LogP contribution in [0.3, 0.4) is 0 Å². The molecule has 0 bridgehead atoms. The largest absolute Gasteiger partial charge is 0.480 e. The van der Waals surface area contributed by atoms with Crippen LogP contribution in [0.1, 0.15) is 46.8 Å². The molecule has 2 atom stereocenters. The van der Waals surface area contributed by atoms with Crippen LogP contribution < -0.4 is 5.32 Å². The first-order chi connectivity index (χ1) is 9.01. The fourth-order valence-corrected chi connectivity index (χ4v) is 3.50. The van der Waals surface area contributed by atoms with Gasteiger partial charge in [0.05, 0.1) is 4.88 Å². The van der Waals surface area contributed by atoms with Gasteiger partial charge in [-0.1, -0.05) is 13.8 Å². The van der Waals surface area contributed by atoms with Gasteiger partial charge in [0.15, 0.2) is 0 Å². The molecule has 4 nitrogen and oxygen atoms in total. The summed E-state index contributed by atoms with van der Waals surface area (Å²) in [5, 5.41) is 11.5. The number of aliphatic carboxylic acids is 1.